The van der Waals surface area contributed by atoms with Crippen LogP contribution in [-0.4, -0.2) is 12.8 Å². The van der Waals surface area contributed by atoms with Crippen LogP contribution in [0.5, 0.6) is 0 Å². The molecule has 11 heavy (non-hydrogen) atoms. The van der Waals surface area contributed by atoms with Crippen molar-refractivity contribution in [3.63, 3.8) is 0 Å². The van der Waals surface area contributed by atoms with Crippen molar-refractivity contribution in [1.82, 2.24) is 0 Å². The van der Waals surface area contributed by atoms with Gasteiger partial charge in [0.2, 0.25) is 0 Å². The molecule has 0 saturated heterocycles. The second kappa shape index (κ2) is 6.01. The highest BCUT2D eigenvalue weighted by atomic mass is 16.7. The van der Waals surface area contributed by atoms with Gasteiger partial charge in [-0.15, -0.1) is 0 Å². The van der Waals surface area contributed by atoms with Crippen LogP contribution in [0.25, 0.3) is 0 Å². The van der Waals surface area contributed by atoms with E-state index < -0.39 is 6.16 Å². The van der Waals surface area contributed by atoms with Gasteiger partial charge in [0, 0.05) is 0 Å². The van der Waals surface area contributed by atoms with Crippen molar-refractivity contribution in [3.8, 4) is 0 Å². The minimum absolute atomic E-state index is 0.351. The molecule has 65 valence electrons. The van der Waals surface area contributed by atoms with Gasteiger partial charge in [-0.1, -0.05) is 20.8 Å². The van der Waals surface area contributed by atoms with Gasteiger partial charge in [-0.3, -0.25) is 0 Å². The van der Waals surface area contributed by atoms with Crippen LogP contribution in [-0.2, 0) is 9.47 Å². The molecule has 0 unspecified atom stereocenters. The van der Waals surface area contributed by atoms with E-state index in [2.05, 4.69) is 4.74 Å². The molecule has 0 aliphatic heterocycles. The lowest BCUT2D eigenvalue weighted by atomic mass is 10.2. The van der Waals surface area contributed by atoms with Crippen LogP contribution in [0.1, 0.15) is 27.2 Å². The molecule has 0 bridgehead atoms. The van der Waals surface area contributed by atoms with Crippen molar-refractivity contribution in [2.75, 3.05) is 6.61 Å². The molecule has 1 radical (unpaired) electrons. The highest BCUT2D eigenvalue weighted by Gasteiger charge is 2.03. The Kier molecular flexibility index (Phi) is 5.61. The smallest absolute Gasteiger partial charge is 0.434 e. The molecule has 0 heterocycles. The van der Waals surface area contributed by atoms with Crippen LogP contribution in [0.3, 0.4) is 0 Å². The minimum atomic E-state index is -0.611. The zero-order valence-electron chi connectivity index (χ0n) is 7.29. The first kappa shape index (κ1) is 10.3. The van der Waals surface area contributed by atoms with Crippen molar-refractivity contribution < 1.29 is 14.3 Å². The average Bonchev–Trinajstić information content (AvgIpc) is 1.97. The van der Waals surface area contributed by atoms with Gasteiger partial charge >= 0.3 is 6.16 Å². The first-order chi connectivity index (χ1) is 5.16. The lowest BCUT2D eigenvalue weighted by molar-refractivity contribution is 0.0639. The molecule has 0 aromatic carbocycles. The monoisotopic (exact) mass is 159 g/mol. The Labute approximate surface area is 67.7 Å². The fourth-order valence-electron chi connectivity index (χ4n) is 0.420. The lowest BCUT2D eigenvalue weighted by Crippen LogP contribution is -2.10. The van der Waals surface area contributed by atoms with E-state index in [1.165, 1.54) is 6.61 Å². The molecule has 0 aliphatic carbocycles. The highest BCUT2D eigenvalue weighted by Crippen LogP contribution is 1.96. The van der Waals surface area contributed by atoms with E-state index in [4.69, 9.17) is 4.74 Å². The zero-order valence-corrected chi connectivity index (χ0v) is 7.29. The summed E-state index contributed by atoms with van der Waals surface area (Å²) in [5.74, 6) is 0.351. The molecule has 3 nitrogen and oxygen atoms in total. The van der Waals surface area contributed by atoms with Gasteiger partial charge in [-0.2, -0.15) is 0 Å². The largest absolute Gasteiger partial charge is 0.508 e. The Bertz CT molecular complexity index is 110. The Balaban J connectivity index is 3.23. The maximum absolute atomic E-state index is 10.6. The summed E-state index contributed by atoms with van der Waals surface area (Å²) in [5.41, 5.74) is 0. The Morgan fingerprint density at radius 2 is 2.18 bits per heavy atom. The molecule has 0 amide bonds. The fourth-order valence-corrected chi connectivity index (χ4v) is 0.420. The third-order valence-electron chi connectivity index (χ3n) is 0.881. The summed E-state index contributed by atoms with van der Waals surface area (Å²) < 4.78 is 9.27. The van der Waals surface area contributed by atoms with Crippen molar-refractivity contribution in [2.24, 2.45) is 5.92 Å². The van der Waals surface area contributed by atoms with E-state index in [1.807, 2.05) is 20.8 Å². The van der Waals surface area contributed by atoms with Gasteiger partial charge in [-0.25, -0.2) is 4.79 Å². The summed E-state index contributed by atoms with van der Waals surface area (Å²) in [6.45, 7) is 7.66. The number of hydrogen-bond donors (Lipinski definition) is 0. The standard InChI is InChI=1S/C8H15O3/c1-4-5-10-8(9)11-6-7(2)3/h5,7H,4,6H2,1-3H3. The summed E-state index contributed by atoms with van der Waals surface area (Å²) >= 11 is 0. The van der Waals surface area contributed by atoms with Crippen LogP contribution in [0, 0.1) is 12.5 Å². The van der Waals surface area contributed by atoms with Gasteiger partial charge in [0.1, 0.15) is 6.61 Å². The number of carbonyl (C=O) groups is 1. The second-order valence-corrected chi connectivity index (χ2v) is 2.65. The van der Waals surface area contributed by atoms with Crippen LogP contribution in [0.15, 0.2) is 0 Å². The van der Waals surface area contributed by atoms with Crippen LogP contribution >= 0.6 is 0 Å². The van der Waals surface area contributed by atoms with E-state index in [0.29, 0.717) is 18.9 Å². The fraction of sp³-hybridized carbons (Fsp3) is 0.750. The van der Waals surface area contributed by atoms with Gasteiger partial charge in [0.25, 0.3) is 0 Å². The number of rotatable bonds is 4. The molecule has 0 rings (SSSR count). The van der Waals surface area contributed by atoms with Crippen LogP contribution in [0.2, 0.25) is 0 Å². The van der Waals surface area contributed by atoms with Gasteiger partial charge in [-0.05, 0) is 12.3 Å². The van der Waals surface area contributed by atoms with Crippen molar-refractivity contribution in [3.05, 3.63) is 6.61 Å². The summed E-state index contributed by atoms with van der Waals surface area (Å²) in [4.78, 5) is 10.6. The van der Waals surface area contributed by atoms with E-state index in [9.17, 15) is 4.79 Å². The molecule has 0 spiro atoms. The molecular weight excluding hydrogens is 144 g/mol. The molecule has 0 saturated carbocycles. The molecule has 3 heteroatoms. The van der Waals surface area contributed by atoms with Gasteiger partial charge in [0.15, 0.2) is 0 Å². The minimum Gasteiger partial charge on any atom is -0.434 e. The molecule has 0 aromatic heterocycles. The van der Waals surface area contributed by atoms with E-state index in [-0.39, 0.29) is 0 Å². The highest BCUT2D eigenvalue weighted by molar-refractivity contribution is 5.60. The number of carbonyl (C=O) groups excluding carboxylic acids is 1. The van der Waals surface area contributed by atoms with E-state index in [0.717, 1.165) is 0 Å². The summed E-state index contributed by atoms with van der Waals surface area (Å²) in [7, 11) is 0. The summed E-state index contributed by atoms with van der Waals surface area (Å²) in [6, 6.07) is 0. The summed E-state index contributed by atoms with van der Waals surface area (Å²) in [6.07, 6.45) is 0.0945. The van der Waals surface area contributed by atoms with Gasteiger partial charge < -0.3 is 9.47 Å². The Morgan fingerprint density at radius 3 is 2.64 bits per heavy atom. The maximum Gasteiger partial charge on any atom is 0.508 e. The third kappa shape index (κ3) is 7.16. The number of ether oxygens (including phenoxy) is 2. The predicted octanol–water partition coefficient (Wildman–Crippen LogP) is 2.37. The zero-order chi connectivity index (χ0) is 8.69. The van der Waals surface area contributed by atoms with Gasteiger partial charge in [0.05, 0.1) is 6.61 Å². The Hall–Kier alpha value is -0.730. The molecule has 0 aromatic rings. The maximum atomic E-state index is 10.6. The predicted molar refractivity (Wildman–Crippen MR) is 41.9 cm³/mol. The first-order valence-electron chi connectivity index (χ1n) is 3.82. The molecule has 0 atom stereocenters. The third-order valence-corrected chi connectivity index (χ3v) is 0.881. The molecule has 0 fully saturated rings. The van der Waals surface area contributed by atoms with E-state index >= 15 is 0 Å². The molecule has 0 aliphatic rings. The SMILES string of the molecule is CC[CH]OC(=O)OCC(C)C. The van der Waals surface area contributed by atoms with Crippen LogP contribution in [0.4, 0.5) is 4.79 Å². The normalized spacial score (nSPS) is 9.82. The lowest BCUT2D eigenvalue weighted by Gasteiger charge is -2.05. The molecule has 0 N–H and O–H groups in total. The molecular formula is C8H15O3. The van der Waals surface area contributed by atoms with Crippen LogP contribution < -0.4 is 0 Å². The topological polar surface area (TPSA) is 35.5 Å². The summed E-state index contributed by atoms with van der Waals surface area (Å²) in [5, 5.41) is 0. The van der Waals surface area contributed by atoms with Crippen molar-refractivity contribution >= 4 is 6.16 Å². The van der Waals surface area contributed by atoms with E-state index in [1.54, 1.807) is 0 Å². The van der Waals surface area contributed by atoms with Crippen molar-refractivity contribution in [2.45, 2.75) is 27.2 Å². The quantitative estimate of drug-likeness (QED) is 0.591. The number of hydrogen-bond acceptors (Lipinski definition) is 3. The second-order valence-electron chi connectivity index (χ2n) is 2.65. The Morgan fingerprint density at radius 1 is 1.55 bits per heavy atom. The average molecular weight is 159 g/mol. The first-order valence-corrected chi connectivity index (χ1v) is 3.82. The van der Waals surface area contributed by atoms with Crippen molar-refractivity contribution in [1.29, 1.82) is 0 Å².